The molecule has 1 aromatic heterocycles. The van der Waals surface area contributed by atoms with Crippen molar-refractivity contribution in [2.24, 2.45) is 0 Å². The molecule has 0 saturated heterocycles. The summed E-state index contributed by atoms with van der Waals surface area (Å²) in [5.74, 6) is 1.35. The first-order valence-electron chi connectivity index (χ1n) is 6.47. The van der Waals surface area contributed by atoms with Crippen LogP contribution in [-0.2, 0) is 12.4 Å². The van der Waals surface area contributed by atoms with Crippen LogP contribution in [0.25, 0.3) is 11.0 Å². The van der Waals surface area contributed by atoms with Crippen molar-refractivity contribution in [2.45, 2.75) is 25.3 Å². The third kappa shape index (κ3) is 3.62. The maximum atomic E-state index is 6.07. The molecule has 1 aromatic carbocycles. The van der Waals surface area contributed by atoms with Crippen molar-refractivity contribution >= 4 is 34.2 Å². The van der Waals surface area contributed by atoms with Gasteiger partial charge in [0.1, 0.15) is 5.82 Å². The fraction of sp³-hybridized carbons (Fsp3) is 0.500. The summed E-state index contributed by atoms with van der Waals surface area (Å²) in [6, 6.07) is 5.78. The molecule has 3 nitrogen and oxygen atoms in total. The van der Waals surface area contributed by atoms with Crippen molar-refractivity contribution < 1.29 is 0 Å². The van der Waals surface area contributed by atoms with E-state index < -0.39 is 0 Å². The average molecular weight is 300 g/mol. The number of nitrogens with zero attached hydrogens (tertiary/aromatic N) is 3. The van der Waals surface area contributed by atoms with Gasteiger partial charge in [0.15, 0.2) is 0 Å². The fourth-order valence-electron chi connectivity index (χ4n) is 2.20. The molecule has 0 bridgehead atoms. The van der Waals surface area contributed by atoms with Gasteiger partial charge in [-0.2, -0.15) is 0 Å². The quantitative estimate of drug-likeness (QED) is 0.598. The number of unbranched alkanes of at least 4 members (excludes halogenated alkanes) is 1. The fourth-order valence-corrected chi connectivity index (χ4v) is 2.57. The van der Waals surface area contributed by atoms with Crippen molar-refractivity contribution in [1.29, 1.82) is 0 Å². The Morgan fingerprint density at radius 1 is 1.26 bits per heavy atom. The van der Waals surface area contributed by atoms with Crippen LogP contribution < -0.4 is 0 Å². The number of aromatic nitrogens is 2. The summed E-state index contributed by atoms with van der Waals surface area (Å²) in [4.78, 5) is 6.75. The topological polar surface area (TPSA) is 21.1 Å². The number of hydrogen-bond acceptors (Lipinski definition) is 2. The van der Waals surface area contributed by atoms with Gasteiger partial charge < -0.3 is 9.47 Å². The van der Waals surface area contributed by atoms with Crippen molar-refractivity contribution in [2.75, 3.05) is 20.6 Å². The second-order valence-corrected chi connectivity index (χ2v) is 5.66. The van der Waals surface area contributed by atoms with Crippen LogP contribution in [-0.4, -0.2) is 35.1 Å². The predicted molar refractivity (Wildman–Crippen MR) is 82.1 cm³/mol. The molecule has 104 valence electrons. The Morgan fingerprint density at radius 3 is 2.74 bits per heavy atom. The largest absolute Gasteiger partial charge is 0.327 e. The Hall–Kier alpha value is -0.770. The summed E-state index contributed by atoms with van der Waals surface area (Å²) in [6.07, 6.45) is 2.27. The molecule has 0 atom stereocenters. The van der Waals surface area contributed by atoms with E-state index in [1.54, 1.807) is 0 Å². The Labute approximate surface area is 124 Å². The first-order valence-corrected chi connectivity index (χ1v) is 7.38. The van der Waals surface area contributed by atoms with E-state index in [1.807, 2.05) is 18.2 Å². The van der Waals surface area contributed by atoms with Gasteiger partial charge in [0, 0.05) is 11.6 Å². The maximum Gasteiger partial charge on any atom is 0.124 e. The number of imidazole rings is 1. The van der Waals surface area contributed by atoms with Gasteiger partial charge in [-0.15, -0.1) is 11.6 Å². The molecule has 0 aliphatic rings. The van der Waals surface area contributed by atoms with Gasteiger partial charge in [0.05, 0.1) is 16.9 Å². The van der Waals surface area contributed by atoms with Crippen LogP contribution in [0.1, 0.15) is 18.7 Å². The molecule has 0 fully saturated rings. The summed E-state index contributed by atoms with van der Waals surface area (Å²) in [7, 11) is 4.19. The normalized spacial score (nSPS) is 11.6. The van der Waals surface area contributed by atoms with E-state index in [-0.39, 0.29) is 0 Å². The second-order valence-electron chi connectivity index (χ2n) is 4.96. The number of aryl methyl sites for hydroxylation is 1. The molecule has 0 saturated carbocycles. The van der Waals surface area contributed by atoms with E-state index in [4.69, 9.17) is 23.2 Å². The van der Waals surface area contributed by atoms with Crippen molar-refractivity contribution in [3.8, 4) is 0 Å². The van der Waals surface area contributed by atoms with Gasteiger partial charge in [0.2, 0.25) is 0 Å². The Bertz CT molecular complexity index is 549. The van der Waals surface area contributed by atoms with Crippen LogP contribution in [0.15, 0.2) is 18.2 Å². The highest BCUT2D eigenvalue weighted by Gasteiger charge is 2.10. The number of benzene rings is 1. The lowest BCUT2D eigenvalue weighted by Crippen LogP contribution is -2.13. The molecule has 0 amide bonds. The zero-order chi connectivity index (χ0) is 13.8. The average Bonchev–Trinajstić information content (AvgIpc) is 2.72. The van der Waals surface area contributed by atoms with Gasteiger partial charge >= 0.3 is 0 Å². The monoisotopic (exact) mass is 299 g/mol. The standard InChI is InChI=1S/C14H19Cl2N3/c1-18(2)7-3-4-8-19-13-9-11(16)5-6-12(13)17-14(19)10-15/h5-6,9H,3-4,7-8,10H2,1-2H3. The van der Waals surface area contributed by atoms with E-state index in [1.165, 1.54) is 0 Å². The first-order chi connectivity index (χ1) is 9.11. The number of alkyl halides is 1. The lowest BCUT2D eigenvalue weighted by atomic mass is 10.2. The van der Waals surface area contributed by atoms with E-state index in [9.17, 15) is 0 Å². The molecule has 0 unspecified atom stereocenters. The van der Waals surface area contributed by atoms with Gasteiger partial charge in [-0.3, -0.25) is 0 Å². The molecule has 19 heavy (non-hydrogen) atoms. The number of halogens is 2. The predicted octanol–water partition coefficient (Wildman–Crippen LogP) is 3.77. The minimum absolute atomic E-state index is 0.431. The van der Waals surface area contributed by atoms with E-state index >= 15 is 0 Å². The van der Waals surface area contributed by atoms with Crippen LogP contribution in [0.4, 0.5) is 0 Å². The molecular weight excluding hydrogens is 281 g/mol. The molecule has 2 aromatic rings. The number of hydrogen-bond donors (Lipinski definition) is 0. The molecular formula is C14H19Cl2N3. The molecule has 0 N–H and O–H groups in total. The van der Waals surface area contributed by atoms with Crippen LogP contribution >= 0.6 is 23.2 Å². The lowest BCUT2D eigenvalue weighted by Gasteiger charge is -2.11. The Morgan fingerprint density at radius 2 is 2.05 bits per heavy atom. The summed E-state index contributed by atoms with van der Waals surface area (Å²) in [5.41, 5.74) is 2.04. The summed E-state index contributed by atoms with van der Waals surface area (Å²) in [5, 5.41) is 0.739. The zero-order valence-corrected chi connectivity index (χ0v) is 12.9. The molecule has 0 aliphatic heterocycles. The summed E-state index contributed by atoms with van der Waals surface area (Å²) >= 11 is 12.0. The molecule has 5 heteroatoms. The third-order valence-electron chi connectivity index (χ3n) is 3.15. The molecule has 1 heterocycles. The summed E-state index contributed by atoms with van der Waals surface area (Å²) in [6.45, 7) is 2.04. The molecule has 0 spiro atoms. The summed E-state index contributed by atoms with van der Waals surface area (Å²) < 4.78 is 2.18. The van der Waals surface area contributed by atoms with Crippen molar-refractivity contribution in [3.05, 3.63) is 29.0 Å². The maximum absolute atomic E-state index is 6.07. The highest BCUT2D eigenvalue weighted by atomic mass is 35.5. The SMILES string of the molecule is CN(C)CCCCn1c(CCl)nc2ccc(Cl)cc21. The molecule has 0 aliphatic carbocycles. The van der Waals surface area contributed by atoms with Crippen molar-refractivity contribution in [1.82, 2.24) is 14.5 Å². The Kier molecular flexibility index (Phi) is 5.08. The van der Waals surface area contributed by atoms with Gasteiger partial charge in [-0.05, 0) is 51.7 Å². The first kappa shape index (κ1) is 14.6. The van der Waals surface area contributed by atoms with Gasteiger partial charge in [0.25, 0.3) is 0 Å². The van der Waals surface area contributed by atoms with E-state index in [2.05, 4.69) is 28.5 Å². The zero-order valence-electron chi connectivity index (χ0n) is 11.4. The van der Waals surface area contributed by atoms with Gasteiger partial charge in [-0.1, -0.05) is 11.6 Å². The minimum Gasteiger partial charge on any atom is -0.327 e. The van der Waals surface area contributed by atoms with Crippen LogP contribution in [0.2, 0.25) is 5.02 Å². The lowest BCUT2D eigenvalue weighted by molar-refractivity contribution is 0.388. The number of fused-ring (bicyclic) bond motifs is 1. The Balaban J connectivity index is 2.17. The van der Waals surface area contributed by atoms with Gasteiger partial charge in [-0.25, -0.2) is 4.98 Å². The third-order valence-corrected chi connectivity index (χ3v) is 3.62. The highest BCUT2D eigenvalue weighted by molar-refractivity contribution is 6.31. The van der Waals surface area contributed by atoms with Crippen molar-refractivity contribution in [3.63, 3.8) is 0 Å². The second kappa shape index (κ2) is 6.60. The van der Waals surface area contributed by atoms with E-state index in [0.717, 1.165) is 47.8 Å². The van der Waals surface area contributed by atoms with Crippen LogP contribution in [0.5, 0.6) is 0 Å². The highest BCUT2D eigenvalue weighted by Crippen LogP contribution is 2.22. The number of rotatable bonds is 6. The van der Waals surface area contributed by atoms with E-state index in [0.29, 0.717) is 5.88 Å². The minimum atomic E-state index is 0.431. The van der Waals surface area contributed by atoms with Crippen LogP contribution in [0, 0.1) is 0 Å². The molecule has 2 rings (SSSR count). The molecule has 0 radical (unpaired) electrons. The smallest absolute Gasteiger partial charge is 0.124 e. The van der Waals surface area contributed by atoms with Crippen LogP contribution in [0.3, 0.4) is 0 Å².